The summed E-state index contributed by atoms with van der Waals surface area (Å²) in [5.74, 6) is -1.54. The van der Waals surface area contributed by atoms with Crippen LogP contribution in [0.2, 0.25) is 0 Å². The number of carbonyl (C=O) groups excluding carboxylic acids is 1. The third kappa shape index (κ3) is 4.72. The van der Waals surface area contributed by atoms with Crippen LogP contribution in [0.4, 0.5) is 13.2 Å². The fourth-order valence-corrected chi connectivity index (χ4v) is 2.26. The summed E-state index contributed by atoms with van der Waals surface area (Å²) >= 11 is 3.29. The number of nitrogens with zero attached hydrogens (tertiary/aromatic N) is 2. The number of ether oxygens (including phenoxy) is 1. The van der Waals surface area contributed by atoms with Crippen LogP contribution in [0.5, 0.6) is 5.88 Å². The second-order valence-electron chi connectivity index (χ2n) is 4.58. The van der Waals surface area contributed by atoms with Crippen LogP contribution >= 0.6 is 15.9 Å². The first-order chi connectivity index (χ1) is 10.2. The average molecular weight is 381 g/mol. The van der Waals surface area contributed by atoms with E-state index < -0.39 is 18.1 Å². The van der Waals surface area contributed by atoms with E-state index in [1.54, 1.807) is 12.1 Å². The van der Waals surface area contributed by atoms with Crippen molar-refractivity contribution in [2.75, 3.05) is 13.7 Å². The van der Waals surface area contributed by atoms with Gasteiger partial charge in [0.1, 0.15) is 0 Å². The Labute approximate surface area is 135 Å². The van der Waals surface area contributed by atoms with Gasteiger partial charge in [-0.25, -0.2) is 4.98 Å². The van der Waals surface area contributed by atoms with Gasteiger partial charge >= 0.3 is 12.1 Å². The number of halogens is 4. The predicted octanol–water partition coefficient (Wildman–Crippen LogP) is 3.36. The van der Waals surface area contributed by atoms with Gasteiger partial charge in [0.25, 0.3) is 0 Å². The number of amides is 1. The highest BCUT2D eigenvalue weighted by Gasteiger charge is 2.43. The third-order valence-electron chi connectivity index (χ3n) is 2.95. The van der Waals surface area contributed by atoms with Crippen molar-refractivity contribution in [1.29, 1.82) is 0 Å². The Morgan fingerprint density at radius 1 is 1.55 bits per heavy atom. The molecule has 1 heterocycles. The highest BCUT2D eigenvalue weighted by atomic mass is 79.9. The molecule has 122 valence electrons. The zero-order valence-corrected chi connectivity index (χ0v) is 13.7. The van der Waals surface area contributed by atoms with Crippen molar-refractivity contribution in [1.82, 2.24) is 9.88 Å². The Kier molecular flexibility index (Phi) is 6.40. The molecule has 1 rings (SSSR count). The van der Waals surface area contributed by atoms with Gasteiger partial charge < -0.3 is 9.64 Å². The number of pyridine rings is 1. The third-order valence-corrected chi connectivity index (χ3v) is 3.67. The number of carbonyl (C=O) groups is 1. The van der Waals surface area contributed by atoms with Crippen molar-refractivity contribution in [3.8, 4) is 5.88 Å². The monoisotopic (exact) mass is 380 g/mol. The Balaban J connectivity index is 2.99. The number of alkyl halides is 3. The van der Waals surface area contributed by atoms with Crippen LogP contribution in [-0.4, -0.2) is 41.7 Å². The lowest BCUT2D eigenvalue weighted by Crippen LogP contribution is -2.47. The lowest BCUT2D eigenvalue weighted by molar-refractivity contribution is -0.186. The van der Waals surface area contributed by atoms with Gasteiger partial charge in [-0.05, 0) is 28.9 Å². The minimum atomic E-state index is -4.92. The van der Waals surface area contributed by atoms with Crippen molar-refractivity contribution in [3.63, 3.8) is 0 Å². The van der Waals surface area contributed by atoms with Gasteiger partial charge in [-0.2, -0.15) is 13.2 Å². The molecule has 0 spiro atoms. The molecule has 8 heteroatoms. The fraction of sp³-hybridized carbons (Fsp3) is 0.429. The van der Waals surface area contributed by atoms with Crippen LogP contribution in [0.1, 0.15) is 12.6 Å². The highest BCUT2D eigenvalue weighted by molar-refractivity contribution is 9.10. The molecule has 1 aromatic rings. The molecule has 0 N–H and O–H groups in total. The number of rotatable bonds is 6. The van der Waals surface area contributed by atoms with Crippen LogP contribution in [0.15, 0.2) is 29.3 Å². The molecule has 1 unspecified atom stereocenters. The Hall–Kier alpha value is -1.57. The molecule has 0 saturated heterocycles. The van der Waals surface area contributed by atoms with Crippen LogP contribution in [0, 0.1) is 0 Å². The second-order valence-corrected chi connectivity index (χ2v) is 5.43. The molecule has 0 saturated carbocycles. The maximum absolute atomic E-state index is 12.6. The minimum Gasteiger partial charge on any atom is -0.481 e. The molecule has 0 aliphatic rings. The van der Waals surface area contributed by atoms with Gasteiger partial charge in [-0.1, -0.05) is 6.08 Å². The first-order valence-corrected chi connectivity index (χ1v) is 7.18. The smallest absolute Gasteiger partial charge is 0.471 e. The van der Waals surface area contributed by atoms with Crippen LogP contribution < -0.4 is 4.74 Å². The average Bonchev–Trinajstić information content (AvgIpc) is 2.45. The van der Waals surface area contributed by atoms with Gasteiger partial charge in [-0.15, -0.1) is 6.58 Å². The summed E-state index contributed by atoms with van der Waals surface area (Å²) in [5, 5.41) is 0. The van der Waals surface area contributed by atoms with Crippen LogP contribution in [0.3, 0.4) is 0 Å². The van der Waals surface area contributed by atoms with Crippen molar-refractivity contribution in [2.45, 2.75) is 25.6 Å². The maximum Gasteiger partial charge on any atom is 0.471 e. The summed E-state index contributed by atoms with van der Waals surface area (Å²) < 4.78 is 43.6. The zero-order valence-electron chi connectivity index (χ0n) is 12.2. The second kappa shape index (κ2) is 7.62. The largest absolute Gasteiger partial charge is 0.481 e. The van der Waals surface area contributed by atoms with Gasteiger partial charge in [0.15, 0.2) is 0 Å². The molecule has 1 amide bonds. The summed E-state index contributed by atoms with van der Waals surface area (Å²) in [6.07, 6.45) is -3.52. The van der Waals surface area contributed by atoms with Crippen molar-refractivity contribution < 1.29 is 22.7 Å². The number of aromatic nitrogens is 1. The molecule has 0 radical (unpaired) electrons. The summed E-state index contributed by atoms with van der Waals surface area (Å²) in [4.78, 5) is 16.4. The molecule has 0 aliphatic carbocycles. The van der Waals surface area contributed by atoms with Gasteiger partial charge in [0.2, 0.25) is 5.88 Å². The molecule has 1 atom stereocenters. The van der Waals surface area contributed by atoms with Crippen molar-refractivity contribution in [2.24, 2.45) is 0 Å². The molecule has 0 aromatic carbocycles. The van der Waals surface area contributed by atoms with E-state index in [4.69, 9.17) is 4.74 Å². The Morgan fingerprint density at radius 2 is 2.18 bits per heavy atom. The first-order valence-electron chi connectivity index (χ1n) is 6.38. The van der Waals surface area contributed by atoms with Crippen molar-refractivity contribution >= 4 is 21.8 Å². The normalized spacial score (nSPS) is 12.6. The lowest BCUT2D eigenvalue weighted by atomic mass is 10.1. The summed E-state index contributed by atoms with van der Waals surface area (Å²) in [7, 11) is 1.45. The fourth-order valence-electron chi connectivity index (χ4n) is 1.88. The summed E-state index contributed by atoms with van der Waals surface area (Å²) in [6, 6.07) is 2.61. The van der Waals surface area contributed by atoms with E-state index in [0.717, 1.165) is 4.90 Å². The zero-order chi connectivity index (χ0) is 16.9. The number of hydrogen-bond donors (Lipinski definition) is 0. The van der Waals surface area contributed by atoms with Gasteiger partial charge in [0.05, 0.1) is 12.8 Å². The SMILES string of the molecule is C=CCN(C(=O)C(F)(F)F)C(C)Cc1nc(OC)ccc1Br. The lowest BCUT2D eigenvalue weighted by Gasteiger charge is -2.29. The Bertz CT molecular complexity index is 549. The van der Waals surface area contributed by atoms with Crippen molar-refractivity contribution in [3.05, 3.63) is 35.0 Å². The van der Waals surface area contributed by atoms with E-state index in [1.807, 2.05) is 0 Å². The van der Waals surface area contributed by atoms with E-state index in [2.05, 4.69) is 27.5 Å². The van der Waals surface area contributed by atoms with E-state index in [-0.39, 0.29) is 13.0 Å². The van der Waals surface area contributed by atoms with E-state index in [1.165, 1.54) is 20.1 Å². The van der Waals surface area contributed by atoms with Crippen LogP contribution in [-0.2, 0) is 11.2 Å². The highest BCUT2D eigenvalue weighted by Crippen LogP contribution is 2.24. The van der Waals surface area contributed by atoms with E-state index >= 15 is 0 Å². The molecule has 1 aromatic heterocycles. The molecule has 0 fully saturated rings. The number of hydrogen-bond acceptors (Lipinski definition) is 3. The molecule has 4 nitrogen and oxygen atoms in total. The van der Waals surface area contributed by atoms with Crippen LogP contribution in [0.25, 0.3) is 0 Å². The van der Waals surface area contributed by atoms with Gasteiger partial charge in [-0.3, -0.25) is 4.79 Å². The van der Waals surface area contributed by atoms with E-state index in [0.29, 0.717) is 16.0 Å². The maximum atomic E-state index is 12.6. The molecular formula is C14H16BrF3N2O2. The summed E-state index contributed by atoms with van der Waals surface area (Å²) in [5.41, 5.74) is 0.510. The first kappa shape index (κ1) is 18.5. The Morgan fingerprint density at radius 3 is 2.68 bits per heavy atom. The molecular weight excluding hydrogens is 365 g/mol. The molecule has 0 aliphatic heterocycles. The minimum absolute atomic E-state index is 0.146. The molecule has 0 bridgehead atoms. The van der Waals surface area contributed by atoms with E-state index in [9.17, 15) is 18.0 Å². The number of methoxy groups -OCH3 is 1. The molecule has 22 heavy (non-hydrogen) atoms. The standard InChI is InChI=1S/C14H16BrF3N2O2/c1-4-7-20(13(21)14(16,17)18)9(2)8-11-10(15)5-6-12(19-11)22-3/h4-6,9H,1,7-8H2,2-3H3. The summed E-state index contributed by atoms with van der Waals surface area (Å²) in [6.45, 7) is 4.73. The van der Waals surface area contributed by atoms with Gasteiger partial charge in [0, 0.05) is 29.5 Å². The predicted molar refractivity (Wildman–Crippen MR) is 79.6 cm³/mol. The quantitative estimate of drug-likeness (QED) is 0.710. The topological polar surface area (TPSA) is 42.4 Å².